The van der Waals surface area contributed by atoms with Crippen molar-refractivity contribution >= 4 is 27.7 Å². The number of benzene rings is 1. The molecular weight excluding hydrogens is 344 g/mol. The van der Waals surface area contributed by atoms with Crippen molar-refractivity contribution in [3.63, 3.8) is 0 Å². The van der Waals surface area contributed by atoms with Crippen LogP contribution in [0.3, 0.4) is 0 Å². The van der Waals surface area contributed by atoms with E-state index in [2.05, 4.69) is 9.89 Å². The standard InChI is InChI=1S/C16H24N4O2S2/c17-16(19-9-11-23-12-10-19)18-13-14-3-5-15(6-4-14)24(21,22)20-7-1-2-8-20/h3-6H,1-2,7-13H2,(H2,17,18). The fourth-order valence-electron chi connectivity index (χ4n) is 2.91. The van der Waals surface area contributed by atoms with Gasteiger partial charge in [-0.3, -0.25) is 0 Å². The number of nitrogens with two attached hydrogens (primary N) is 1. The van der Waals surface area contributed by atoms with Gasteiger partial charge < -0.3 is 10.6 Å². The smallest absolute Gasteiger partial charge is 0.243 e. The Labute approximate surface area is 148 Å². The van der Waals surface area contributed by atoms with Gasteiger partial charge >= 0.3 is 0 Å². The second kappa shape index (κ2) is 7.76. The van der Waals surface area contributed by atoms with Gasteiger partial charge in [-0.2, -0.15) is 16.1 Å². The van der Waals surface area contributed by atoms with Crippen molar-refractivity contribution in [3.8, 4) is 0 Å². The van der Waals surface area contributed by atoms with E-state index in [0.717, 1.165) is 43.0 Å². The molecule has 3 rings (SSSR count). The molecule has 2 N–H and O–H groups in total. The summed E-state index contributed by atoms with van der Waals surface area (Å²) in [5, 5.41) is 0. The Balaban J connectivity index is 1.64. The second-order valence-corrected chi connectivity index (χ2v) is 9.19. The van der Waals surface area contributed by atoms with E-state index < -0.39 is 10.0 Å². The highest BCUT2D eigenvalue weighted by atomic mass is 32.2. The third kappa shape index (κ3) is 4.04. The monoisotopic (exact) mass is 368 g/mol. The van der Waals surface area contributed by atoms with E-state index in [1.54, 1.807) is 16.4 Å². The highest BCUT2D eigenvalue weighted by Gasteiger charge is 2.26. The molecule has 6 nitrogen and oxygen atoms in total. The quantitative estimate of drug-likeness (QED) is 0.641. The summed E-state index contributed by atoms with van der Waals surface area (Å²) < 4.78 is 26.5. The molecule has 8 heteroatoms. The zero-order valence-corrected chi connectivity index (χ0v) is 15.4. The van der Waals surface area contributed by atoms with E-state index in [4.69, 9.17) is 5.73 Å². The first-order valence-corrected chi connectivity index (χ1v) is 10.9. The molecule has 132 valence electrons. The Bertz CT molecular complexity index is 677. The molecule has 0 bridgehead atoms. The van der Waals surface area contributed by atoms with E-state index in [-0.39, 0.29) is 0 Å². The second-order valence-electron chi connectivity index (χ2n) is 6.03. The highest BCUT2D eigenvalue weighted by molar-refractivity contribution is 7.99. The summed E-state index contributed by atoms with van der Waals surface area (Å²) in [5.74, 6) is 2.74. The fourth-order valence-corrected chi connectivity index (χ4v) is 5.33. The van der Waals surface area contributed by atoms with E-state index >= 15 is 0 Å². The number of thioether (sulfide) groups is 1. The van der Waals surface area contributed by atoms with E-state index in [0.29, 0.717) is 30.5 Å². The molecule has 24 heavy (non-hydrogen) atoms. The number of aliphatic imine (C=N–C) groups is 1. The van der Waals surface area contributed by atoms with Gasteiger partial charge in [-0.05, 0) is 30.5 Å². The van der Waals surface area contributed by atoms with Crippen LogP contribution in [0.15, 0.2) is 34.2 Å². The molecule has 2 saturated heterocycles. The van der Waals surface area contributed by atoms with E-state index in [1.165, 1.54) is 0 Å². The van der Waals surface area contributed by atoms with Crippen LogP contribution in [0.2, 0.25) is 0 Å². The Morgan fingerprint density at radius 3 is 2.33 bits per heavy atom. The van der Waals surface area contributed by atoms with Gasteiger partial charge in [0.15, 0.2) is 5.96 Å². The Kier molecular flexibility index (Phi) is 5.68. The lowest BCUT2D eigenvalue weighted by molar-refractivity contribution is 0.455. The summed E-state index contributed by atoms with van der Waals surface area (Å²) in [6, 6.07) is 7.00. The Morgan fingerprint density at radius 1 is 1.08 bits per heavy atom. The summed E-state index contributed by atoms with van der Waals surface area (Å²) in [5.41, 5.74) is 7.00. The van der Waals surface area contributed by atoms with Gasteiger partial charge in [0.2, 0.25) is 10.0 Å². The third-order valence-electron chi connectivity index (χ3n) is 4.38. The number of nitrogens with zero attached hydrogens (tertiary/aromatic N) is 3. The predicted molar refractivity (Wildman–Crippen MR) is 98.7 cm³/mol. The van der Waals surface area contributed by atoms with Crippen LogP contribution < -0.4 is 5.73 Å². The molecule has 0 amide bonds. The van der Waals surface area contributed by atoms with Crippen LogP contribution in [0.4, 0.5) is 0 Å². The van der Waals surface area contributed by atoms with Crippen LogP contribution in [0.5, 0.6) is 0 Å². The molecule has 0 aliphatic carbocycles. The Hall–Kier alpha value is -1.25. The first-order valence-electron chi connectivity index (χ1n) is 8.29. The van der Waals surface area contributed by atoms with Crippen LogP contribution >= 0.6 is 11.8 Å². The molecule has 2 aliphatic heterocycles. The minimum absolute atomic E-state index is 0.359. The van der Waals surface area contributed by atoms with Crippen LogP contribution in [-0.2, 0) is 16.6 Å². The third-order valence-corrected chi connectivity index (χ3v) is 7.24. The molecule has 2 heterocycles. The minimum Gasteiger partial charge on any atom is -0.370 e. The van der Waals surface area contributed by atoms with Gasteiger partial charge in [0.1, 0.15) is 0 Å². The number of sulfonamides is 1. The number of rotatable bonds is 4. The van der Waals surface area contributed by atoms with Crippen molar-refractivity contribution in [3.05, 3.63) is 29.8 Å². The first-order chi connectivity index (χ1) is 11.6. The van der Waals surface area contributed by atoms with Crippen LogP contribution in [0.25, 0.3) is 0 Å². The van der Waals surface area contributed by atoms with Gasteiger partial charge in [0.25, 0.3) is 0 Å². The summed E-state index contributed by atoms with van der Waals surface area (Å²) >= 11 is 1.93. The average Bonchev–Trinajstić information content (AvgIpc) is 3.16. The van der Waals surface area contributed by atoms with E-state index in [9.17, 15) is 8.42 Å². The van der Waals surface area contributed by atoms with Crippen molar-refractivity contribution in [2.24, 2.45) is 10.7 Å². The zero-order chi connectivity index (χ0) is 17.0. The maximum atomic E-state index is 12.5. The van der Waals surface area contributed by atoms with Gasteiger partial charge in [0.05, 0.1) is 11.4 Å². The fraction of sp³-hybridized carbons (Fsp3) is 0.562. The zero-order valence-electron chi connectivity index (χ0n) is 13.7. The molecule has 0 spiro atoms. The number of hydrogen-bond donors (Lipinski definition) is 1. The summed E-state index contributed by atoms with van der Waals surface area (Å²) in [6.45, 7) is 3.59. The van der Waals surface area contributed by atoms with Gasteiger partial charge in [-0.15, -0.1) is 0 Å². The number of guanidine groups is 1. The lowest BCUT2D eigenvalue weighted by Gasteiger charge is -2.27. The van der Waals surface area contributed by atoms with Crippen molar-refractivity contribution in [2.45, 2.75) is 24.3 Å². The van der Waals surface area contributed by atoms with Crippen molar-refractivity contribution < 1.29 is 8.42 Å². The number of hydrogen-bond acceptors (Lipinski definition) is 4. The van der Waals surface area contributed by atoms with Crippen LogP contribution in [0, 0.1) is 0 Å². The molecule has 1 aromatic rings. The lowest BCUT2D eigenvalue weighted by Crippen LogP contribution is -2.42. The largest absolute Gasteiger partial charge is 0.370 e. The van der Waals surface area contributed by atoms with Gasteiger partial charge in [-0.1, -0.05) is 12.1 Å². The van der Waals surface area contributed by atoms with Crippen molar-refractivity contribution in [2.75, 3.05) is 37.7 Å². The lowest BCUT2D eigenvalue weighted by atomic mass is 10.2. The Morgan fingerprint density at radius 2 is 1.71 bits per heavy atom. The molecule has 0 radical (unpaired) electrons. The summed E-state index contributed by atoms with van der Waals surface area (Å²) in [6.07, 6.45) is 1.89. The van der Waals surface area contributed by atoms with Crippen LogP contribution in [0.1, 0.15) is 18.4 Å². The highest BCUT2D eigenvalue weighted by Crippen LogP contribution is 2.21. The first kappa shape index (κ1) is 17.6. The van der Waals surface area contributed by atoms with Gasteiger partial charge in [0, 0.05) is 37.7 Å². The van der Waals surface area contributed by atoms with E-state index in [1.807, 2.05) is 23.9 Å². The molecule has 1 aromatic carbocycles. The van der Waals surface area contributed by atoms with Crippen molar-refractivity contribution in [1.82, 2.24) is 9.21 Å². The molecule has 0 unspecified atom stereocenters. The summed E-state index contributed by atoms with van der Waals surface area (Å²) in [7, 11) is -3.34. The topological polar surface area (TPSA) is 79.0 Å². The van der Waals surface area contributed by atoms with Crippen LogP contribution in [-0.4, -0.2) is 61.3 Å². The molecule has 0 aromatic heterocycles. The predicted octanol–water partition coefficient (Wildman–Crippen LogP) is 1.33. The molecule has 0 atom stereocenters. The van der Waals surface area contributed by atoms with Crippen molar-refractivity contribution in [1.29, 1.82) is 0 Å². The summed E-state index contributed by atoms with van der Waals surface area (Å²) in [4.78, 5) is 6.90. The maximum absolute atomic E-state index is 12.5. The molecule has 2 aliphatic rings. The normalized spacial score (nSPS) is 20.5. The SMILES string of the molecule is NC(=NCc1ccc(S(=O)(=O)N2CCCC2)cc1)N1CCSCC1. The minimum atomic E-state index is -3.34. The van der Waals surface area contributed by atoms with Gasteiger partial charge in [-0.25, -0.2) is 13.4 Å². The molecule has 2 fully saturated rings. The molecular formula is C16H24N4O2S2. The molecule has 0 saturated carbocycles. The maximum Gasteiger partial charge on any atom is 0.243 e. The average molecular weight is 369 g/mol.